The number of aromatic nitrogens is 2. The first-order valence-electron chi connectivity index (χ1n) is 6.84. The van der Waals surface area contributed by atoms with Crippen LogP contribution in [0.5, 0.6) is 5.88 Å². The Kier molecular flexibility index (Phi) is 3.89. The van der Waals surface area contributed by atoms with Gasteiger partial charge in [0.15, 0.2) is 5.65 Å². The third kappa shape index (κ3) is 3.20. The SMILES string of the molecule is c1cnc2nc(OCCC3CCOCC3)ccc2c1. The van der Waals surface area contributed by atoms with Crippen molar-refractivity contribution in [1.82, 2.24) is 9.97 Å². The second kappa shape index (κ2) is 5.97. The van der Waals surface area contributed by atoms with E-state index in [2.05, 4.69) is 9.97 Å². The molecular formula is C15H18N2O2. The molecule has 0 amide bonds. The molecule has 1 aliphatic rings. The second-order valence-electron chi connectivity index (χ2n) is 4.89. The quantitative estimate of drug-likeness (QED) is 0.846. The summed E-state index contributed by atoms with van der Waals surface area (Å²) >= 11 is 0. The lowest BCUT2D eigenvalue weighted by Crippen LogP contribution is -2.17. The minimum Gasteiger partial charge on any atom is -0.478 e. The zero-order chi connectivity index (χ0) is 12.9. The standard InChI is InChI=1S/C15H18N2O2/c1-2-13-3-4-14(17-15(13)16-8-1)19-11-7-12-5-9-18-10-6-12/h1-4,8,12H,5-7,9-11H2. The van der Waals surface area contributed by atoms with Crippen molar-refractivity contribution >= 4 is 11.0 Å². The number of hydrogen-bond donors (Lipinski definition) is 0. The minimum atomic E-state index is 0.665. The number of hydrogen-bond acceptors (Lipinski definition) is 4. The smallest absolute Gasteiger partial charge is 0.215 e. The van der Waals surface area contributed by atoms with Crippen molar-refractivity contribution in [3.05, 3.63) is 30.5 Å². The van der Waals surface area contributed by atoms with Crippen LogP contribution in [0.25, 0.3) is 11.0 Å². The van der Waals surface area contributed by atoms with E-state index in [0.717, 1.165) is 56.0 Å². The van der Waals surface area contributed by atoms with Gasteiger partial charge in [-0.05, 0) is 43.4 Å². The average molecular weight is 258 g/mol. The van der Waals surface area contributed by atoms with E-state index in [0.29, 0.717) is 5.88 Å². The fraction of sp³-hybridized carbons (Fsp3) is 0.467. The molecule has 2 aromatic heterocycles. The molecule has 0 spiro atoms. The first-order chi connectivity index (χ1) is 9.42. The van der Waals surface area contributed by atoms with Crippen LogP contribution in [-0.4, -0.2) is 29.8 Å². The third-order valence-corrected chi connectivity index (χ3v) is 3.56. The molecule has 1 saturated heterocycles. The van der Waals surface area contributed by atoms with E-state index in [1.165, 1.54) is 0 Å². The molecule has 4 nitrogen and oxygen atoms in total. The Morgan fingerprint density at radius 3 is 3.00 bits per heavy atom. The van der Waals surface area contributed by atoms with E-state index in [1.807, 2.05) is 24.3 Å². The van der Waals surface area contributed by atoms with Crippen molar-refractivity contribution in [2.75, 3.05) is 19.8 Å². The lowest BCUT2D eigenvalue weighted by Gasteiger charge is -2.21. The van der Waals surface area contributed by atoms with E-state index in [4.69, 9.17) is 9.47 Å². The highest BCUT2D eigenvalue weighted by atomic mass is 16.5. The van der Waals surface area contributed by atoms with Gasteiger partial charge >= 0.3 is 0 Å². The summed E-state index contributed by atoms with van der Waals surface area (Å²) in [6.45, 7) is 2.50. The molecule has 0 bridgehead atoms. The summed E-state index contributed by atoms with van der Waals surface area (Å²) in [7, 11) is 0. The highest BCUT2D eigenvalue weighted by molar-refractivity contribution is 5.74. The van der Waals surface area contributed by atoms with Crippen molar-refractivity contribution < 1.29 is 9.47 Å². The summed E-state index contributed by atoms with van der Waals surface area (Å²) in [5, 5.41) is 1.04. The molecule has 0 aromatic carbocycles. The Morgan fingerprint density at radius 1 is 1.21 bits per heavy atom. The van der Waals surface area contributed by atoms with Gasteiger partial charge < -0.3 is 9.47 Å². The summed E-state index contributed by atoms with van der Waals surface area (Å²) < 4.78 is 11.1. The van der Waals surface area contributed by atoms with Gasteiger partial charge in [-0.2, -0.15) is 4.98 Å². The van der Waals surface area contributed by atoms with E-state index in [-0.39, 0.29) is 0 Å². The summed E-state index contributed by atoms with van der Waals surface area (Å²) in [6.07, 6.45) is 5.12. The first-order valence-corrected chi connectivity index (χ1v) is 6.84. The van der Waals surface area contributed by atoms with E-state index in [9.17, 15) is 0 Å². The van der Waals surface area contributed by atoms with Crippen molar-refractivity contribution in [3.8, 4) is 5.88 Å². The van der Waals surface area contributed by atoms with Crippen LogP contribution in [-0.2, 0) is 4.74 Å². The number of nitrogens with zero attached hydrogens (tertiary/aromatic N) is 2. The van der Waals surface area contributed by atoms with Gasteiger partial charge in [0.05, 0.1) is 6.61 Å². The van der Waals surface area contributed by atoms with Gasteiger partial charge in [-0.3, -0.25) is 0 Å². The summed E-state index contributed by atoms with van der Waals surface area (Å²) in [5.74, 6) is 1.39. The molecule has 1 fully saturated rings. The molecule has 0 atom stereocenters. The maximum Gasteiger partial charge on any atom is 0.215 e. The van der Waals surface area contributed by atoms with Crippen LogP contribution in [0.2, 0.25) is 0 Å². The van der Waals surface area contributed by atoms with Crippen molar-refractivity contribution in [2.45, 2.75) is 19.3 Å². The van der Waals surface area contributed by atoms with Gasteiger partial charge in [-0.15, -0.1) is 0 Å². The topological polar surface area (TPSA) is 44.2 Å². The van der Waals surface area contributed by atoms with Crippen LogP contribution in [0.15, 0.2) is 30.5 Å². The maximum absolute atomic E-state index is 5.72. The molecule has 0 N–H and O–H groups in total. The van der Waals surface area contributed by atoms with Crippen LogP contribution in [0.1, 0.15) is 19.3 Å². The number of ether oxygens (including phenoxy) is 2. The molecule has 19 heavy (non-hydrogen) atoms. The van der Waals surface area contributed by atoms with Gasteiger partial charge in [-0.25, -0.2) is 4.98 Å². The minimum absolute atomic E-state index is 0.665. The lowest BCUT2D eigenvalue weighted by molar-refractivity contribution is 0.0591. The fourth-order valence-electron chi connectivity index (χ4n) is 2.38. The Labute approximate surface area is 112 Å². The molecule has 3 heterocycles. The lowest BCUT2D eigenvalue weighted by atomic mass is 9.97. The van der Waals surface area contributed by atoms with Crippen molar-refractivity contribution in [3.63, 3.8) is 0 Å². The number of rotatable bonds is 4. The van der Waals surface area contributed by atoms with Crippen LogP contribution in [0, 0.1) is 5.92 Å². The Hall–Kier alpha value is -1.68. The molecule has 3 rings (SSSR count). The third-order valence-electron chi connectivity index (χ3n) is 3.56. The molecule has 100 valence electrons. The molecule has 0 aliphatic carbocycles. The van der Waals surface area contributed by atoms with E-state index >= 15 is 0 Å². The average Bonchev–Trinajstić information content (AvgIpc) is 2.48. The number of pyridine rings is 2. The summed E-state index contributed by atoms with van der Waals surface area (Å²) in [6, 6.07) is 7.82. The zero-order valence-corrected chi connectivity index (χ0v) is 10.9. The predicted octanol–water partition coefficient (Wildman–Crippen LogP) is 2.83. The van der Waals surface area contributed by atoms with Crippen LogP contribution in [0.3, 0.4) is 0 Å². The molecule has 1 aliphatic heterocycles. The van der Waals surface area contributed by atoms with E-state index < -0.39 is 0 Å². The Morgan fingerprint density at radius 2 is 2.11 bits per heavy atom. The molecular weight excluding hydrogens is 240 g/mol. The van der Waals surface area contributed by atoms with Gasteiger partial charge in [0, 0.05) is 30.9 Å². The van der Waals surface area contributed by atoms with Crippen molar-refractivity contribution in [2.24, 2.45) is 5.92 Å². The molecule has 0 radical (unpaired) electrons. The second-order valence-corrected chi connectivity index (χ2v) is 4.89. The monoisotopic (exact) mass is 258 g/mol. The van der Waals surface area contributed by atoms with Crippen LogP contribution < -0.4 is 4.74 Å². The first kappa shape index (κ1) is 12.4. The highest BCUT2D eigenvalue weighted by Crippen LogP contribution is 2.19. The molecule has 4 heteroatoms. The van der Waals surface area contributed by atoms with Crippen LogP contribution >= 0.6 is 0 Å². The van der Waals surface area contributed by atoms with E-state index in [1.54, 1.807) is 6.20 Å². The Bertz CT molecular complexity index is 538. The molecule has 0 unspecified atom stereocenters. The highest BCUT2D eigenvalue weighted by Gasteiger charge is 2.13. The summed E-state index contributed by atoms with van der Waals surface area (Å²) in [4.78, 5) is 8.63. The normalized spacial score (nSPS) is 16.6. The largest absolute Gasteiger partial charge is 0.478 e. The van der Waals surface area contributed by atoms with Crippen molar-refractivity contribution in [1.29, 1.82) is 0 Å². The van der Waals surface area contributed by atoms with Gasteiger partial charge in [0.2, 0.25) is 5.88 Å². The van der Waals surface area contributed by atoms with Crippen LogP contribution in [0.4, 0.5) is 0 Å². The zero-order valence-electron chi connectivity index (χ0n) is 10.9. The fourth-order valence-corrected chi connectivity index (χ4v) is 2.38. The maximum atomic E-state index is 5.72. The Balaban J connectivity index is 1.56. The van der Waals surface area contributed by atoms with Gasteiger partial charge in [-0.1, -0.05) is 0 Å². The molecule has 0 saturated carbocycles. The predicted molar refractivity (Wildman–Crippen MR) is 73.2 cm³/mol. The number of fused-ring (bicyclic) bond motifs is 1. The molecule has 2 aromatic rings. The van der Waals surface area contributed by atoms with Gasteiger partial charge in [0.25, 0.3) is 0 Å². The summed E-state index contributed by atoms with van der Waals surface area (Å²) in [5.41, 5.74) is 0.742. The van der Waals surface area contributed by atoms with Gasteiger partial charge in [0.1, 0.15) is 0 Å².